The van der Waals surface area contributed by atoms with Gasteiger partial charge in [-0.2, -0.15) is 0 Å². The summed E-state index contributed by atoms with van der Waals surface area (Å²) in [6, 6.07) is 0. The lowest BCUT2D eigenvalue weighted by Gasteiger charge is -2.18. The summed E-state index contributed by atoms with van der Waals surface area (Å²) in [4.78, 5) is 38.1. The lowest BCUT2D eigenvalue weighted by molar-refractivity contribution is -0.167. The Morgan fingerprint density at radius 1 is 0.313 bits per heavy atom. The highest BCUT2D eigenvalue weighted by atomic mass is 16.6. The lowest BCUT2D eigenvalue weighted by atomic mass is 10.1. The van der Waals surface area contributed by atoms with E-state index in [9.17, 15) is 14.4 Å². The molecular weight excluding hydrogens is 829 g/mol. The predicted molar refractivity (Wildman–Crippen MR) is 288 cm³/mol. The molecule has 0 aliphatic carbocycles. The zero-order valence-electron chi connectivity index (χ0n) is 43.6. The smallest absolute Gasteiger partial charge is 0.306 e. The molecule has 0 radical (unpaired) electrons. The van der Waals surface area contributed by atoms with Crippen molar-refractivity contribution in [3.05, 3.63) is 97.2 Å². The number of allylic oxidation sites excluding steroid dienone is 16. The summed E-state index contributed by atoms with van der Waals surface area (Å²) in [6.07, 6.45) is 72.4. The number of hydrogen-bond acceptors (Lipinski definition) is 6. The van der Waals surface area contributed by atoms with E-state index in [4.69, 9.17) is 14.2 Å². The second-order valence-electron chi connectivity index (χ2n) is 18.1. The van der Waals surface area contributed by atoms with Crippen LogP contribution >= 0.6 is 0 Å². The number of carbonyl (C=O) groups is 3. The molecular formula is C61H102O6. The topological polar surface area (TPSA) is 78.9 Å². The fourth-order valence-electron chi connectivity index (χ4n) is 7.37. The number of carbonyl (C=O) groups excluding carboxylic acids is 3. The summed E-state index contributed by atoms with van der Waals surface area (Å²) in [5, 5.41) is 0. The van der Waals surface area contributed by atoms with Crippen molar-refractivity contribution in [2.45, 2.75) is 258 Å². The maximum absolute atomic E-state index is 12.8. The molecule has 0 bridgehead atoms. The van der Waals surface area contributed by atoms with E-state index in [1.807, 2.05) is 0 Å². The lowest BCUT2D eigenvalue weighted by Crippen LogP contribution is -2.30. The van der Waals surface area contributed by atoms with Gasteiger partial charge >= 0.3 is 17.9 Å². The Morgan fingerprint density at radius 2 is 0.582 bits per heavy atom. The number of rotatable bonds is 49. The molecule has 0 aromatic heterocycles. The summed E-state index contributed by atoms with van der Waals surface area (Å²) in [5.74, 6) is -0.953. The predicted octanol–water partition coefficient (Wildman–Crippen LogP) is 18.5. The van der Waals surface area contributed by atoms with Gasteiger partial charge in [0, 0.05) is 19.3 Å². The van der Waals surface area contributed by atoms with Crippen LogP contribution in [0.15, 0.2) is 97.2 Å². The second-order valence-corrected chi connectivity index (χ2v) is 18.1. The standard InChI is InChI=1S/C61H102O6/c1-4-7-10-13-16-19-22-25-28-29-30-31-34-36-39-42-45-48-51-54-60(63)66-57-58(67-61(64)55-52-49-46-43-40-37-33-27-24-21-18-15-12-9-6-3)56-65-59(62)53-50-47-44-41-38-35-32-26-23-20-17-14-11-8-5-2/h7,10,16,18-19,21,25-28,30-33,36,39,58H,4-6,8-9,11-15,17,20,22-24,29,34-35,37-38,40-57H2,1-3H3/b10-7-,19-16-,21-18-,28-25-,31-30-,32-26-,33-27-,39-36-. The van der Waals surface area contributed by atoms with Crippen LogP contribution in [0.3, 0.4) is 0 Å². The minimum Gasteiger partial charge on any atom is -0.462 e. The van der Waals surface area contributed by atoms with E-state index in [2.05, 4.69) is 118 Å². The molecule has 0 heterocycles. The molecule has 0 saturated heterocycles. The largest absolute Gasteiger partial charge is 0.462 e. The maximum Gasteiger partial charge on any atom is 0.306 e. The molecule has 382 valence electrons. The highest BCUT2D eigenvalue weighted by molar-refractivity contribution is 5.71. The van der Waals surface area contributed by atoms with Crippen molar-refractivity contribution >= 4 is 17.9 Å². The first-order valence-corrected chi connectivity index (χ1v) is 27.7. The molecule has 0 amide bonds. The van der Waals surface area contributed by atoms with Crippen LogP contribution in [0.4, 0.5) is 0 Å². The van der Waals surface area contributed by atoms with E-state index in [1.165, 1.54) is 83.5 Å². The van der Waals surface area contributed by atoms with Gasteiger partial charge in [-0.25, -0.2) is 0 Å². The van der Waals surface area contributed by atoms with Crippen LogP contribution in [0, 0.1) is 0 Å². The molecule has 0 rings (SSSR count). The molecule has 0 spiro atoms. The van der Waals surface area contributed by atoms with Crippen molar-refractivity contribution in [1.82, 2.24) is 0 Å². The summed E-state index contributed by atoms with van der Waals surface area (Å²) >= 11 is 0. The highest BCUT2D eigenvalue weighted by Gasteiger charge is 2.19. The van der Waals surface area contributed by atoms with Gasteiger partial charge in [-0.3, -0.25) is 14.4 Å². The zero-order chi connectivity index (χ0) is 48.6. The molecule has 0 aromatic carbocycles. The monoisotopic (exact) mass is 931 g/mol. The first kappa shape index (κ1) is 63.3. The van der Waals surface area contributed by atoms with Crippen LogP contribution in [0.1, 0.15) is 252 Å². The average Bonchev–Trinajstić information content (AvgIpc) is 3.33. The molecule has 0 aliphatic heterocycles. The number of unbranched alkanes of at least 4 members (excludes halogenated alkanes) is 22. The van der Waals surface area contributed by atoms with Gasteiger partial charge in [0.2, 0.25) is 0 Å². The van der Waals surface area contributed by atoms with Crippen LogP contribution in [0.5, 0.6) is 0 Å². The number of ether oxygens (including phenoxy) is 3. The van der Waals surface area contributed by atoms with Gasteiger partial charge in [0.05, 0.1) is 0 Å². The van der Waals surface area contributed by atoms with Crippen LogP contribution < -0.4 is 0 Å². The molecule has 67 heavy (non-hydrogen) atoms. The van der Waals surface area contributed by atoms with Crippen LogP contribution in [0.25, 0.3) is 0 Å². The number of hydrogen-bond donors (Lipinski definition) is 0. The molecule has 0 fully saturated rings. The van der Waals surface area contributed by atoms with Crippen molar-refractivity contribution in [2.75, 3.05) is 13.2 Å². The minimum atomic E-state index is -0.803. The Bertz CT molecular complexity index is 1350. The van der Waals surface area contributed by atoms with E-state index < -0.39 is 6.10 Å². The van der Waals surface area contributed by atoms with Crippen LogP contribution in [-0.2, 0) is 28.6 Å². The Kier molecular flexibility index (Phi) is 51.9. The van der Waals surface area contributed by atoms with E-state index in [0.717, 1.165) is 128 Å². The van der Waals surface area contributed by atoms with Gasteiger partial charge < -0.3 is 14.2 Å². The van der Waals surface area contributed by atoms with Crippen molar-refractivity contribution in [3.8, 4) is 0 Å². The Balaban J connectivity index is 4.49. The average molecular weight is 931 g/mol. The van der Waals surface area contributed by atoms with Crippen molar-refractivity contribution in [1.29, 1.82) is 0 Å². The molecule has 6 heteroatoms. The van der Waals surface area contributed by atoms with Crippen molar-refractivity contribution in [3.63, 3.8) is 0 Å². The van der Waals surface area contributed by atoms with Crippen molar-refractivity contribution in [2.24, 2.45) is 0 Å². The van der Waals surface area contributed by atoms with E-state index in [0.29, 0.717) is 19.3 Å². The fraction of sp³-hybridized carbons (Fsp3) is 0.689. The first-order chi connectivity index (χ1) is 33.0. The van der Waals surface area contributed by atoms with Gasteiger partial charge in [-0.05, 0) is 122 Å². The van der Waals surface area contributed by atoms with Gasteiger partial charge in [0.1, 0.15) is 13.2 Å². The third-order valence-corrected chi connectivity index (χ3v) is 11.5. The maximum atomic E-state index is 12.8. The van der Waals surface area contributed by atoms with E-state index in [1.54, 1.807) is 0 Å². The third kappa shape index (κ3) is 53.2. The summed E-state index contributed by atoms with van der Waals surface area (Å²) in [5.41, 5.74) is 0. The zero-order valence-corrected chi connectivity index (χ0v) is 43.6. The Morgan fingerprint density at radius 3 is 0.970 bits per heavy atom. The Hall–Kier alpha value is -3.67. The molecule has 0 N–H and O–H groups in total. The van der Waals surface area contributed by atoms with Gasteiger partial charge in [-0.1, -0.05) is 208 Å². The third-order valence-electron chi connectivity index (χ3n) is 11.5. The summed E-state index contributed by atoms with van der Waals surface area (Å²) < 4.78 is 16.8. The quantitative estimate of drug-likeness (QED) is 0.0262. The van der Waals surface area contributed by atoms with E-state index in [-0.39, 0.29) is 31.1 Å². The molecule has 1 atom stereocenters. The normalized spacial score (nSPS) is 12.8. The molecule has 0 aromatic rings. The van der Waals surface area contributed by atoms with Gasteiger partial charge in [0.15, 0.2) is 6.10 Å². The van der Waals surface area contributed by atoms with Gasteiger partial charge in [-0.15, -0.1) is 0 Å². The Labute approximate surface area is 413 Å². The number of esters is 3. The molecule has 0 saturated carbocycles. The molecule has 0 aliphatic rings. The summed E-state index contributed by atoms with van der Waals surface area (Å²) in [6.45, 7) is 6.45. The summed E-state index contributed by atoms with van der Waals surface area (Å²) in [7, 11) is 0. The van der Waals surface area contributed by atoms with Crippen molar-refractivity contribution < 1.29 is 28.6 Å². The SMILES string of the molecule is CC/C=C\C/C=C\C/C=C\C/C=C\C/C=C\CCCCCC(=O)OCC(COC(=O)CCCCCCC/C=C\CCCCCCCC)OC(=O)CCCCCCC/C=C\C/C=C\CCCCC. The first-order valence-electron chi connectivity index (χ1n) is 27.7. The molecule has 1 unspecified atom stereocenters. The van der Waals surface area contributed by atoms with Gasteiger partial charge in [0.25, 0.3) is 0 Å². The van der Waals surface area contributed by atoms with E-state index >= 15 is 0 Å². The highest BCUT2D eigenvalue weighted by Crippen LogP contribution is 2.13. The second kappa shape index (κ2) is 54.9. The minimum absolute atomic E-state index is 0.0989. The van der Waals surface area contributed by atoms with Crippen LogP contribution in [-0.4, -0.2) is 37.2 Å². The fourth-order valence-corrected chi connectivity index (χ4v) is 7.37. The molecule has 6 nitrogen and oxygen atoms in total. The van der Waals surface area contributed by atoms with Crippen LogP contribution in [0.2, 0.25) is 0 Å².